The van der Waals surface area contributed by atoms with Crippen LogP contribution in [0.3, 0.4) is 0 Å². The molecule has 0 saturated heterocycles. The van der Waals surface area contributed by atoms with Crippen molar-refractivity contribution < 1.29 is 5.11 Å². The molecule has 0 aromatic heterocycles. The van der Waals surface area contributed by atoms with E-state index < -0.39 is 0 Å². The van der Waals surface area contributed by atoms with E-state index >= 15 is 0 Å². The monoisotopic (exact) mass is 244 g/mol. The first-order valence-corrected chi connectivity index (χ1v) is 7.29. The van der Waals surface area contributed by atoms with Crippen LogP contribution in [-0.2, 0) is 11.8 Å². The maximum Gasteiger partial charge on any atom is 0.0530 e. The van der Waals surface area contributed by atoms with Crippen LogP contribution >= 0.6 is 0 Å². The van der Waals surface area contributed by atoms with Crippen molar-refractivity contribution in [2.24, 2.45) is 11.3 Å². The lowest BCUT2D eigenvalue weighted by Crippen LogP contribution is -2.51. The van der Waals surface area contributed by atoms with Crippen molar-refractivity contribution >= 4 is 0 Å². The van der Waals surface area contributed by atoms with Gasteiger partial charge in [-0.25, -0.2) is 0 Å². The molecule has 0 bridgehead atoms. The average Bonchev–Trinajstić information content (AvgIpc) is 2.38. The molecule has 18 heavy (non-hydrogen) atoms. The maximum absolute atomic E-state index is 10.2. The Labute approximate surface area is 110 Å². The second-order valence-electron chi connectivity index (χ2n) is 6.90. The molecule has 1 unspecified atom stereocenters. The van der Waals surface area contributed by atoms with Gasteiger partial charge in [0.05, 0.1) is 6.61 Å². The SMILES string of the molecule is CC1(C)CCCC2(CO)c3ccccc3CC[C@H]12. The summed E-state index contributed by atoms with van der Waals surface area (Å²) < 4.78 is 0. The van der Waals surface area contributed by atoms with E-state index in [-0.39, 0.29) is 5.41 Å². The minimum Gasteiger partial charge on any atom is -0.395 e. The van der Waals surface area contributed by atoms with E-state index in [9.17, 15) is 5.11 Å². The number of benzene rings is 1. The van der Waals surface area contributed by atoms with Crippen LogP contribution in [0, 0.1) is 11.3 Å². The van der Waals surface area contributed by atoms with Gasteiger partial charge in [-0.1, -0.05) is 44.5 Å². The summed E-state index contributed by atoms with van der Waals surface area (Å²) in [5.41, 5.74) is 3.32. The molecule has 3 rings (SSSR count). The molecule has 1 N–H and O–H groups in total. The molecule has 0 radical (unpaired) electrons. The van der Waals surface area contributed by atoms with Crippen LogP contribution in [0.2, 0.25) is 0 Å². The largest absolute Gasteiger partial charge is 0.395 e. The summed E-state index contributed by atoms with van der Waals surface area (Å²) in [4.78, 5) is 0. The van der Waals surface area contributed by atoms with Gasteiger partial charge in [0, 0.05) is 5.41 Å². The first-order chi connectivity index (χ1) is 8.60. The fourth-order valence-electron chi connectivity index (χ4n) is 4.74. The van der Waals surface area contributed by atoms with Gasteiger partial charge in [0.1, 0.15) is 0 Å². The number of rotatable bonds is 1. The molecule has 1 saturated carbocycles. The first kappa shape index (κ1) is 12.2. The summed E-state index contributed by atoms with van der Waals surface area (Å²) >= 11 is 0. The zero-order valence-corrected chi connectivity index (χ0v) is 11.6. The van der Waals surface area contributed by atoms with Crippen molar-refractivity contribution in [1.82, 2.24) is 0 Å². The Morgan fingerprint density at radius 1 is 1.22 bits per heavy atom. The highest BCUT2D eigenvalue weighted by molar-refractivity contribution is 5.39. The highest BCUT2D eigenvalue weighted by Crippen LogP contribution is 2.56. The van der Waals surface area contributed by atoms with E-state index in [1.807, 2.05) is 0 Å². The zero-order chi connectivity index (χ0) is 12.8. The lowest BCUT2D eigenvalue weighted by atomic mass is 9.50. The quantitative estimate of drug-likeness (QED) is 0.799. The lowest BCUT2D eigenvalue weighted by Gasteiger charge is -2.55. The molecule has 1 heteroatoms. The summed E-state index contributed by atoms with van der Waals surface area (Å²) in [5.74, 6) is 0.638. The molecule has 0 spiro atoms. The van der Waals surface area contributed by atoms with E-state index in [0.717, 1.165) is 6.42 Å². The lowest BCUT2D eigenvalue weighted by molar-refractivity contribution is -0.00508. The molecular weight excluding hydrogens is 220 g/mol. The molecule has 1 nitrogen and oxygen atoms in total. The van der Waals surface area contributed by atoms with Gasteiger partial charge in [0.15, 0.2) is 0 Å². The number of aliphatic hydroxyl groups excluding tert-OH is 1. The smallest absolute Gasteiger partial charge is 0.0530 e. The molecule has 2 aliphatic rings. The Morgan fingerprint density at radius 2 is 2.00 bits per heavy atom. The third-order valence-corrected chi connectivity index (χ3v) is 5.59. The minimum atomic E-state index is 0.0383. The summed E-state index contributed by atoms with van der Waals surface area (Å²) in [6.07, 6.45) is 6.14. The molecule has 0 heterocycles. The molecule has 1 aromatic carbocycles. The zero-order valence-electron chi connectivity index (χ0n) is 11.6. The van der Waals surface area contributed by atoms with Crippen molar-refractivity contribution in [2.75, 3.05) is 6.61 Å². The van der Waals surface area contributed by atoms with Crippen molar-refractivity contribution in [3.63, 3.8) is 0 Å². The number of aliphatic hydroxyl groups is 1. The molecule has 1 aromatic rings. The summed E-state index contributed by atoms with van der Waals surface area (Å²) in [7, 11) is 0. The van der Waals surface area contributed by atoms with Crippen LogP contribution in [0.1, 0.15) is 50.7 Å². The van der Waals surface area contributed by atoms with Gasteiger partial charge in [0.2, 0.25) is 0 Å². The Hall–Kier alpha value is -0.820. The standard InChI is InChI=1S/C17H24O/c1-16(2)10-5-11-17(12-18)14-7-4-3-6-13(14)8-9-15(16)17/h3-4,6-7,15,18H,5,8-12H2,1-2H3/t15-,17?/m1/s1. The highest BCUT2D eigenvalue weighted by atomic mass is 16.3. The van der Waals surface area contributed by atoms with Gasteiger partial charge in [-0.2, -0.15) is 0 Å². The number of hydrogen-bond donors (Lipinski definition) is 1. The third-order valence-electron chi connectivity index (χ3n) is 5.59. The van der Waals surface area contributed by atoms with E-state index in [0.29, 0.717) is 17.9 Å². The van der Waals surface area contributed by atoms with Crippen LogP contribution in [0.15, 0.2) is 24.3 Å². The van der Waals surface area contributed by atoms with Crippen LogP contribution in [0.4, 0.5) is 0 Å². The molecule has 2 aliphatic carbocycles. The van der Waals surface area contributed by atoms with Crippen LogP contribution in [0.5, 0.6) is 0 Å². The van der Waals surface area contributed by atoms with Crippen LogP contribution in [-0.4, -0.2) is 11.7 Å². The predicted octanol–water partition coefficient (Wildman–Crippen LogP) is 3.69. The van der Waals surface area contributed by atoms with Crippen LogP contribution in [0.25, 0.3) is 0 Å². The van der Waals surface area contributed by atoms with Crippen molar-refractivity contribution in [3.05, 3.63) is 35.4 Å². The maximum atomic E-state index is 10.2. The van der Waals surface area contributed by atoms with Gasteiger partial charge in [0.25, 0.3) is 0 Å². The normalized spacial score (nSPS) is 33.6. The minimum absolute atomic E-state index is 0.0383. The molecule has 1 fully saturated rings. The third kappa shape index (κ3) is 1.56. The van der Waals surface area contributed by atoms with Gasteiger partial charge in [-0.05, 0) is 48.1 Å². The molecular formula is C17H24O. The topological polar surface area (TPSA) is 20.2 Å². The molecule has 0 aliphatic heterocycles. The van der Waals surface area contributed by atoms with Crippen LogP contribution < -0.4 is 0 Å². The first-order valence-electron chi connectivity index (χ1n) is 7.29. The molecule has 98 valence electrons. The Kier molecular flexibility index (Phi) is 2.78. The van der Waals surface area contributed by atoms with Gasteiger partial charge >= 0.3 is 0 Å². The Morgan fingerprint density at radius 3 is 2.78 bits per heavy atom. The fourth-order valence-corrected chi connectivity index (χ4v) is 4.74. The second-order valence-corrected chi connectivity index (χ2v) is 6.90. The Bertz CT molecular complexity index is 449. The van der Waals surface area contributed by atoms with Crippen molar-refractivity contribution in [1.29, 1.82) is 0 Å². The molecule has 2 atom stereocenters. The van der Waals surface area contributed by atoms with Crippen molar-refractivity contribution in [2.45, 2.75) is 51.4 Å². The highest BCUT2D eigenvalue weighted by Gasteiger charge is 2.51. The predicted molar refractivity (Wildman–Crippen MR) is 74.6 cm³/mol. The summed E-state index contributed by atoms with van der Waals surface area (Å²) in [6, 6.07) is 8.79. The number of fused-ring (bicyclic) bond motifs is 3. The number of hydrogen-bond acceptors (Lipinski definition) is 1. The fraction of sp³-hybridized carbons (Fsp3) is 0.647. The summed E-state index contributed by atoms with van der Waals surface area (Å²) in [5, 5.41) is 10.2. The average molecular weight is 244 g/mol. The summed E-state index contributed by atoms with van der Waals surface area (Å²) in [6.45, 7) is 5.11. The number of aryl methyl sites for hydroxylation is 1. The van der Waals surface area contributed by atoms with E-state index in [1.165, 1.54) is 36.8 Å². The second kappa shape index (κ2) is 4.09. The molecule has 0 amide bonds. The Balaban J connectivity index is 2.14. The van der Waals surface area contributed by atoms with Gasteiger partial charge in [-0.15, -0.1) is 0 Å². The van der Waals surface area contributed by atoms with Gasteiger partial charge in [-0.3, -0.25) is 0 Å². The van der Waals surface area contributed by atoms with E-state index in [2.05, 4.69) is 38.1 Å². The van der Waals surface area contributed by atoms with E-state index in [4.69, 9.17) is 0 Å². The van der Waals surface area contributed by atoms with E-state index in [1.54, 1.807) is 0 Å². The van der Waals surface area contributed by atoms with Crippen molar-refractivity contribution in [3.8, 4) is 0 Å². The van der Waals surface area contributed by atoms with Gasteiger partial charge < -0.3 is 5.11 Å².